The summed E-state index contributed by atoms with van der Waals surface area (Å²) in [5, 5.41) is 3.76. The quantitative estimate of drug-likeness (QED) is 0.792. The van der Waals surface area contributed by atoms with E-state index < -0.39 is 11.7 Å². The van der Waals surface area contributed by atoms with Crippen molar-refractivity contribution in [3.63, 3.8) is 0 Å². The number of amides is 2. The second-order valence-electron chi connectivity index (χ2n) is 7.22. The van der Waals surface area contributed by atoms with E-state index in [2.05, 4.69) is 5.32 Å². The van der Waals surface area contributed by atoms with Crippen molar-refractivity contribution in [2.24, 2.45) is 11.7 Å². The molecule has 3 rings (SSSR count). The van der Waals surface area contributed by atoms with Gasteiger partial charge in [-0.2, -0.15) is 0 Å². The molecule has 7 heteroatoms. The molecule has 144 valence electrons. The predicted octanol–water partition coefficient (Wildman–Crippen LogP) is 1.50. The number of hydrogen-bond acceptors (Lipinski definition) is 5. The largest absolute Gasteiger partial charge is 0.423 e. The van der Waals surface area contributed by atoms with E-state index >= 15 is 0 Å². The molecule has 2 aromatic rings. The van der Waals surface area contributed by atoms with E-state index in [-0.39, 0.29) is 17.9 Å². The van der Waals surface area contributed by atoms with Gasteiger partial charge in [0.15, 0.2) is 0 Å². The molecule has 2 unspecified atom stereocenters. The molecule has 2 amide bonds. The number of fused-ring (bicyclic) bond motifs is 1. The minimum Gasteiger partial charge on any atom is -0.423 e. The van der Waals surface area contributed by atoms with Crippen LogP contribution in [0.15, 0.2) is 39.5 Å². The summed E-state index contributed by atoms with van der Waals surface area (Å²) in [5.74, 6) is 0.127. The first-order valence-electron chi connectivity index (χ1n) is 9.24. The van der Waals surface area contributed by atoms with Crippen LogP contribution in [0.2, 0.25) is 0 Å². The fourth-order valence-electron chi connectivity index (χ4n) is 3.53. The maximum Gasteiger partial charge on any atom is 0.336 e. The van der Waals surface area contributed by atoms with Gasteiger partial charge >= 0.3 is 5.63 Å². The number of carbonyl (C=O) groups is 2. The fourth-order valence-corrected chi connectivity index (χ4v) is 3.53. The van der Waals surface area contributed by atoms with Gasteiger partial charge in [0.05, 0.1) is 6.04 Å². The van der Waals surface area contributed by atoms with Gasteiger partial charge in [-0.05, 0) is 56.9 Å². The Kier molecular flexibility index (Phi) is 5.60. The molecule has 1 fully saturated rings. The van der Waals surface area contributed by atoms with Gasteiger partial charge in [0.25, 0.3) is 5.91 Å². The Morgan fingerprint density at radius 3 is 2.56 bits per heavy atom. The smallest absolute Gasteiger partial charge is 0.336 e. The van der Waals surface area contributed by atoms with Crippen LogP contribution in [-0.2, 0) is 4.79 Å². The molecule has 1 aromatic heterocycles. The standard InChI is InChI=1S/C20H25N3O4/c1-12(21)20(26)23-9-7-14(8-10-23)13(2)22-19(25)16-3-5-17-15(11-16)4-6-18(24)27-17/h3-6,11-14H,7-10,21H2,1-2H3,(H,22,25). The van der Waals surface area contributed by atoms with E-state index in [1.807, 2.05) is 6.92 Å². The molecule has 27 heavy (non-hydrogen) atoms. The number of rotatable bonds is 4. The Labute approximate surface area is 157 Å². The van der Waals surface area contributed by atoms with E-state index in [4.69, 9.17) is 10.2 Å². The van der Waals surface area contributed by atoms with Gasteiger partial charge in [-0.25, -0.2) is 4.79 Å². The number of hydrogen-bond donors (Lipinski definition) is 2. The van der Waals surface area contributed by atoms with Crippen LogP contribution in [0.25, 0.3) is 11.0 Å². The van der Waals surface area contributed by atoms with E-state index in [9.17, 15) is 14.4 Å². The summed E-state index contributed by atoms with van der Waals surface area (Å²) in [6.07, 6.45) is 1.67. The van der Waals surface area contributed by atoms with Crippen molar-refractivity contribution in [1.29, 1.82) is 0 Å². The van der Waals surface area contributed by atoms with E-state index in [0.717, 1.165) is 12.8 Å². The molecule has 2 heterocycles. The van der Waals surface area contributed by atoms with Crippen molar-refractivity contribution < 1.29 is 14.0 Å². The minimum atomic E-state index is -0.476. The molecular weight excluding hydrogens is 346 g/mol. The molecule has 0 saturated carbocycles. The zero-order chi connectivity index (χ0) is 19.6. The van der Waals surface area contributed by atoms with Crippen LogP contribution < -0.4 is 16.7 Å². The van der Waals surface area contributed by atoms with Gasteiger partial charge in [-0.15, -0.1) is 0 Å². The highest BCUT2D eigenvalue weighted by molar-refractivity contribution is 5.97. The molecule has 2 atom stereocenters. The number of carbonyl (C=O) groups excluding carboxylic acids is 2. The Morgan fingerprint density at radius 2 is 1.89 bits per heavy atom. The topological polar surface area (TPSA) is 106 Å². The second-order valence-corrected chi connectivity index (χ2v) is 7.22. The van der Waals surface area contributed by atoms with Gasteiger partial charge in [0.1, 0.15) is 5.58 Å². The number of nitrogens with two attached hydrogens (primary N) is 1. The van der Waals surface area contributed by atoms with Crippen molar-refractivity contribution >= 4 is 22.8 Å². The monoisotopic (exact) mass is 371 g/mol. The highest BCUT2D eigenvalue weighted by Crippen LogP contribution is 2.22. The first-order valence-corrected chi connectivity index (χ1v) is 9.24. The van der Waals surface area contributed by atoms with Gasteiger partial charge in [0.2, 0.25) is 5.91 Å². The van der Waals surface area contributed by atoms with Crippen LogP contribution in [0.3, 0.4) is 0 Å². The maximum absolute atomic E-state index is 12.6. The molecular formula is C20H25N3O4. The molecule has 1 saturated heterocycles. The molecule has 1 aliphatic rings. The summed E-state index contributed by atoms with van der Waals surface area (Å²) in [5.41, 5.74) is 6.23. The summed E-state index contributed by atoms with van der Waals surface area (Å²) in [7, 11) is 0. The summed E-state index contributed by atoms with van der Waals surface area (Å²) in [6.45, 7) is 5.03. The zero-order valence-electron chi connectivity index (χ0n) is 15.6. The molecule has 0 spiro atoms. The molecule has 3 N–H and O–H groups in total. The second kappa shape index (κ2) is 7.92. The molecule has 1 aromatic carbocycles. The Balaban J connectivity index is 1.60. The first-order chi connectivity index (χ1) is 12.8. The lowest BCUT2D eigenvalue weighted by Gasteiger charge is -2.35. The van der Waals surface area contributed by atoms with Crippen molar-refractivity contribution in [2.75, 3.05) is 13.1 Å². The van der Waals surface area contributed by atoms with E-state index in [1.54, 1.807) is 36.1 Å². The lowest BCUT2D eigenvalue weighted by molar-refractivity contribution is -0.133. The molecule has 7 nitrogen and oxygen atoms in total. The van der Waals surface area contributed by atoms with Crippen LogP contribution >= 0.6 is 0 Å². The maximum atomic E-state index is 12.6. The molecule has 0 aliphatic carbocycles. The number of nitrogens with one attached hydrogen (secondary N) is 1. The number of piperidine rings is 1. The summed E-state index contributed by atoms with van der Waals surface area (Å²) < 4.78 is 5.09. The van der Waals surface area contributed by atoms with Crippen molar-refractivity contribution in [2.45, 2.75) is 38.8 Å². The van der Waals surface area contributed by atoms with Gasteiger partial charge in [0, 0.05) is 36.1 Å². The van der Waals surface area contributed by atoms with Crippen LogP contribution in [0.5, 0.6) is 0 Å². The van der Waals surface area contributed by atoms with Crippen LogP contribution in [0.1, 0.15) is 37.0 Å². The Bertz CT molecular complexity index is 897. The van der Waals surface area contributed by atoms with Gasteiger partial charge in [-0.3, -0.25) is 9.59 Å². The fraction of sp³-hybridized carbons (Fsp3) is 0.450. The first kappa shape index (κ1) is 19.1. The SMILES string of the molecule is CC(N)C(=O)N1CCC(C(C)NC(=O)c2ccc3oc(=O)ccc3c2)CC1. The van der Waals surface area contributed by atoms with Crippen LogP contribution in [0, 0.1) is 5.92 Å². The lowest BCUT2D eigenvalue weighted by atomic mass is 9.90. The highest BCUT2D eigenvalue weighted by atomic mass is 16.4. The third-order valence-corrected chi connectivity index (χ3v) is 5.19. The number of likely N-dealkylation sites (tertiary alicyclic amines) is 1. The Morgan fingerprint density at radius 1 is 1.19 bits per heavy atom. The van der Waals surface area contributed by atoms with Crippen molar-refractivity contribution in [3.05, 3.63) is 46.3 Å². The highest BCUT2D eigenvalue weighted by Gasteiger charge is 2.28. The normalized spacial score (nSPS) is 17.5. The van der Waals surface area contributed by atoms with Crippen molar-refractivity contribution in [1.82, 2.24) is 10.2 Å². The van der Waals surface area contributed by atoms with E-state index in [1.165, 1.54) is 6.07 Å². The third-order valence-electron chi connectivity index (χ3n) is 5.19. The summed E-state index contributed by atoms with van der Waals surface area (Å²) in [4.78, 5) is 37.6. The minimum absolute atomic E-state index is 0.00513. The summed E-state index contributed by atoms with van der Waals surface area (Å²) in [6, 6.07) is 7.50. The number of benzene rings is 1. The predicted molar refractivity (Wildman–Crippen MR) is 102 cm³/mol. The number of nitrogens with zero attached hydrogens (tertiary/aromatic N) is 1. The zero-order valence-corrected chi connectivity index (χ0v) is 15.6. The average molecular weight is 371 g/mol. The van der Waals surface area contributed by atoms with Gasteiger partial charge < -0.3 is 20.4 Å². The third kappa shape index (κ3) is 4.36. The molecule has 0 bridgehead atoms. The Hall–Kier alpha value is -2.67. The van der Waals surface area contributed by atoms with Crippen LogP contribution in [0.4, 0.5) is 0 Å². The van der Waals surface area contributed by atoms with Gasteiger partial charge in [-0.1, -0.05) is 0 Å². The molecule has 1 aliphatic heterocycles. The lowest BCUT2D eigenvalue weighted by Crippen LogP contribution is -2.49. The van der Waals surface area contributed by atoms with Crippen molar-refractivity contribution in [3.8, 4) is 0 Å². The summed E-state index contributed by atoms with van der Waals surface area (Å²) >= 11 is 0. The van der Waals surface area contributed by atoms with Crippen LogP contribution in [-0.4, -0.2) is 41.9 Å². The van der Waals surface area contributed by atoms with E-state index in [0.29, 0.717) is 35.5 Å². The molecule has 0 radical (unpaired) electrons. The average Bonchev–Trinajstić information content (AvgIpc) is 2.66.